The molecule has 4 nitrogen and oxygen atoms in total. The molecular formula is C12H19NO3S. The summed E-state index contributed by atoms with van der Waals surface area (Å²) in [6.45, 7) is 1.40. The van der Waals surface area contributed by atoms with Gasteiger partial charge in [-0.3, -0.25) is 4.79 Å². The van der Waals surface area contributed by atoms with Crippen molar-refractivity contribution in [3.05, 3.63) is 12.2 Å². The normalized spacial score (nSPS) is 20.7. The molecule has 1 amide bonds. The molecule has 0 aromatic carbocycles. The highest BCUT2D eigenvalue weighted by molar-refractivity contribution is 8.00. The Morgan fingerprint density at radius 2 is 2.35 bits per heavy atom. The molecule has 0 saturated carbocycles. The fourth-order valence-electron chi connectivity index (χ4n) is 1.70. The summed E-state index contributed by atoms with van der Waals surface area (Å²) in [5, 5.41) is 3.06. The number of amides is 1. The van der Waals surface area contributed by atoms with Gasteiger partial charge < -0.3 is 10.1 Å². The van der Waals surface area contributed by atoms with Crippen LogP contribution in [0.15, 0.2) is 12.2 Å². The number of hydrogen-bond acceptors (Lipinski definition) is 4. The average molecular weight is 257 g/mol. The van der Waals surface area contributed by atoms with Gasteiger partial charge in [0.25, 0.3) is 0 Å². The molecule has 0 radical (unpaired) electrons. The molecule has 96 valence electrons. The van der Waals surface area contributed by atoms with Crippen LogP contribution in [0.4, 0.5) is 0 Å². The number of hydrogen-bond donors (Lipinski definition) is 1. The van der Waals surface area contributed by atoms with Crippen molar-refractivity contribution in [1.82, 2.24) is 5.32 Å². The van der Waals surface area contributed by atoms with Crippen LogP contribution in [0.5, 0.6) is 0 Å². The van der Waals surface area contributed by atoms with E-state index in [2.05, 4.69) is 22.2 Å². The number of thioether (sulfide) groups is 1. The lowest BCUT2D eigenvalue weighted by Crippen LogP contribution is -2.42. The topological polar surface area (TPSA) is 55.4 Å². The van der Waals surface area contributed by atoms with E-state index >= 15 is 0 Å². The van der Waals surface area contributed by atoms with E-state index in [4.69, 9.17) is 0 Å². The van der Waals surface area contributed by atoms with E-state index in [1.54, 1.807) is 11.8 Å². The summed E-state index contributed by atoms with van der Waals surface area (Å²) in [6.07, 6.45) is 7.82. The number of allylic oxidation sites excluding steroid dienone is 1. The minimum atomic E-state index is -0.544. The Balaban J connectivity index is 2.42. The van der Waals surface area contributed by atoms with E-state index in [0.717, 1.165) is 12.8 Å². The van der Waals surface area contributed by atoms with Crippen LogP contribution in [-0.4, -0.2) is 36.0 Å². The van der Waals surface area contributed by atoms with Gasteiger partial charge in [-0.2, -0.15) is 11.8 Å². The molecule has 0 aromatic heterocycles. The van der Waals surface area contributed by atoms with Crippen LogP contribution in [0.3, 0.4) is 0 Å². The number of nitrogens with one attached hydrogen (secondary N) is 1. The summed E-state index contributed by atoms with van der Waals surface area (Å²) in [5.41, 5.74) is 0. The molecule has 0 aliphatic heterocycles. The highest BCUT2D eigenvalue weighted by Gasteiger charge is 2.21. The van der Waals surface area contributed by atoms with Crippen molar-refractivity contribution < 1.29 is 14.3 Å². The summed E-state index contributed by atoms with van der Waals surface area (Å²) in [4.78, 5) is 22.4. The zero-order valence-corrected chi connectivity index (χ0v) is 11.1. The lowest BCUT2D eigenvalue weighted by Gasteiger charge is -2.19. The Morgan fingerprint density at radius 1 is 1.59 bits per heavy atom. The summed E-state index contributed by atoms with van der Waals surface area (Å²) in [7, 11) is 1.34. The van der Waals surface area contributed by atoms with Gasteiger partial charge in [-0.05, 0) is 19.3 Å². The Bertz CT molecular complexity index is 304. The van der Waals surface area contributed by atoms with Gasteiger partial charge in [0.05, 0.1) is 7.11 Å². The maximum atomic E-state index is 11.5. The molecule has 0 aromatic rings. The summed E-state index contributed by atoms with van der Waals surface area (Å²) in [5.74, 6) is -0.0333. The standard InChI is InChI=1S/C12H19NO3S/c1-9(14)13-11(12(15)16-2)8-17-10-6-4-3-5-7-10/h4,6,10-11H,3,5,7-8H2,1-2H3,(H,13,14)/t10?,11-/m0/s1. The first kappa shape index (κ1) is 14.1. The molecule has 1 aliphatic carbocycles. The summed E-state index contributed by atoms with van der Waals surface area (Å²) >= 11 is 1.69. The second-order valence-corrected chi connectivity index (χ2v) is 5.28. The molecule has 1 rings (SSSR count). The first-order chi connectivity index (χ1) is 8.13. The average Bonchev–Trinajstić information content (AvgIpc) is 2.34. The second-order valence-electron chi connectivity index (χ2n) is 4.01. The summed E-state index contributed by atoms with van der Waals surface area (Å²) < 4.78 is 4.67. The number of carbonyl (C=O) groups is 2. The Morgan fingerprint density at radius 3 is 2.88 bits per heavy atom. The van der Waals surface area contributed by atoms with Gasteiger partial charge in [0.15, 0.2) is 0 Å². The van der Waals surface area contributed by atoms with E-state index in [0.29, 0.717) is 11.0 Å². The number of ether oxygens (including phenoxy) is 1. The molecule has 1 aliphatic rings. The fraction of sp³-hybridized carbons (Fsp3) is 0.667. The molecule has 0 bridgehead atoms. The largest absolute Gasteiger partial charge is 0.467 e. The minimum Gasteiger partial charge on any atom is -0.467 e. The molecule has 1 unspecified atom stereocenters. The number of carbonyl (C=O) groups excluding carboxylic acids is 2. The lowest BCUT2D eigenvalue weighted by molar-refractivity contribution is -0.144. The van der Waals surface area contributed by atoms with Crippen molar-refractivity contribution in [3.8, 4) is 0 Å². The highest BCUT2D eigenvalue weighted by Crippen LogP contribution is 2.23. The van der Waals surface area contributed by atoms with Crippen molar-refractivity contribution >= 4 is 23.6 Å². The van der Waals surface area contributed by atoms with Crippen LogP contribution >= 0.6 is 11.8 Å². The van der Waals surface area contributed by atoms with Crippen LogP contribution in [-0.2, 0) is 14.3 Å². The second kappa shape index (κ2) is 7.37. The molecule has 0 spiro atoms. The van der Waals surface area contributed by atoms with E-state index < -0.39 is 6.04 Å². The van der Waals surface area contributed by atoms with Gasteiger partial charge in [-0.15, -0.1) is 0 Å². The van der Waals surface area contributed by atoms with Gasteiger partial charge in [-0.1, -0.05) is 12.2 Å². The maximum Gasteiger partial charge on any atom is 0.329 e. The molecule has 1 N–H and O–H groups in total. The Labute approximate surface area is 106 Å². The molecule has 0 heterocycles. The first-order valence-corrected chi connectivity index (χ1v) is 6.81. The number of rotatable bonds is 5. The molecule has 0 fully saturated rings. The first-order valence-electron chi connectivity index (χ1n) is 5.76. The maximum absolute atomic E-state index is 11.5. The van der Waals surface area contributed by atoms with Crippen molar-refractivity contribution in [2.45, 2.75) is 37.5 Å². The summed E-state index contributed by atoms with van der Waals surface area (Å²) in [6, 6.07) is -0.544. The predicted molar refractivity (Wildman–Crippen MR) is 68.9 cm³/mol. The van der Waals surface area contributed by atoms with Crippen molar-refractivity contribution in [3.63, 3.8) is 0 Å². The highest BCUT2D eigenvalue weighted by atomic mass is 32.2. The third kappa shape index (κ3) is 5.26. The zero-order valence-electron chi connectivity index (χ0n) is 10.3. The van der Waals surface area contributed by atoms with Gasteiger partial charge in [0, 0.05) is 17.9 Å². The van der Waals surface area contributed by atoms with Crippen LogP contribution in [0.25, 0.3) is 0 Å². The lowest BCUT2D eigenvalue weighted by atomic mass is 10.1. The van der Waals surface area contributed by atoms with Crippen LogP contribution in [0.2, 0.25) is 0 Å². The Hall–Kier alpha value is -0.970. The fourth-order valence-corrected chi connectivity index (χ4v) is 2.91. The van der Waals surface area contributed by atoms with Crippen molar-refractivity contribution in [2.75, 3.05) is 12.9 Å². The molecular weight excluding hydrogens is 238 g/mol. The molecule has 2 atom stereocenters. The van der Waals surface area contributed by atoms with Crippen molar-refractivity contribution in [1.29, 1.82) is 0 Å². The number of methoxy groups -OCH3 is 1. The quantitative estimate of drug-likeness (QED) is 0.599. The third-order valence-electron chi connectivity index (χ3n) is 2.55. The third-order valence-corrected chi connectivity index (χ3v) is 3.90. The van der Waals surface area contributed by atoms with E-state index in [1.165, 1.54) is 20.5 Å². The van der Waals surface area contributed by atoms with Crippen LogP contribution < -0.4 is 5.32 Å². The SMILES string of the molecule is COC(=O)[C@H](CSC1C=CCCC1)NC(C)=O. The van der Waals surface area contributed by atoms with Crippen LogP contribution in [0, 0.1) is 0 Å². The zero-order chi connectivity index (χ0) is 12.7. The van der Waals surface area contributed by atoms with Gasteiger partial charge >= 0.3 is 5.97 Å². The monoisotopic (exact) mass is 257 g/mol. The van der Waals surface area contributed by atoms with E-state index in [9.17, 15) is 9.59 Å². The minimum absolute atomic E-state index is 0.208. The Kier molecular flexibility index (Phi) is 6.11. The van der Waals surface area contributed by atoms with E-state index in [1.807, 2.05) is 0 Å². The predicted octanol–water partition coefficient (Wildman–Crippen LogP) is 1.51. The van der Waals surface area contributed by atoms with Gasteiger partial charge in [-0.25, -0.2) is 4.79 Å². The molecule has 0 saturated heterocycles. The van der Waals surface area contributed by atoms with Crippen LogP contribution in [0.1, 0.15) is 26.2 Å². The van der Waals surface area contributed by atoms with Crippen molar-refractivity contribution in [2.24, 2.45) is 0 Å². The van der Waals surface area contributed by atoms with Gasteiger partial charge in [0.1, 0.15) is 6.04 Å². The number of esters is 1. The smallest absolute Gasteiger partial charge is 0.329 e. The van der Waals surface area contributed by atoms with Gasteiger partial charge in [0.2, 0.25) is 5.91 Å². The molecule has 17 heavy (non-hydrogen) atoms. The molecule has 5 heteroatoms. The van der Waals surface area contributed by atoms with E-state index in [-0.39, 0.29) is 11.9 Å².